The lowest BCUT2D eigenvalue weighted by Crippen LogP contribution is -2.46. The molecule has 2 fully saturated rings. The number of halogens is 1. The fraction of sp³-hybridized carbons (Fsp3) is 0.526. The van der Waals surface area contributed by atoms with Crippen LogP contribution in [0.15, 0.2) is 24.3 Å². The Labute approximate surface area is 155 Å². The van der Waals surface area contributed by atoms with E-state index in [1.807, 2.05) is 0 Å². The molecule has 0 unspecified atom stereocenters. The van der Waals surface area contributed by atoms with Crippen LogP contribution in [0.5, 0.6) is 0 Å². The molecule has 2 N–H and O–H groups in total. The third-order valence-corrected chi connectivity index (χ3v) is 5.62. The van der Waals surface area contributed by atoms with Gasteiger partial charge < -0.3 is 10.2 Å². The number of hydrogen-bond donors (Lipinski definition) is 2. The van der Waals surface area contributed by atoms with Gasteiger partial charge in [0.2, 0.25) is 0 Å². The molecule has 1 saturated heterocycles. The fourth-order valence-electron chi connectivity index (χ4n) is 4.01. The van der Waals surface area contributed by atoms with E-state index in [-0.39, 0.29) is 12.4 Å². The van der Waals surface area contributed by atoms with Gasteiger partial charge in [0.15, 0.2) is 5.82 Å². The number of anilines is 2. The first-order valence-electron chi connectivity index (χ1n) is 9.24. The van der Waals surface area contributed by atoms with Gasteiger partial charge in [-0.05, 0) is 30.4 Å². The summed E-state index contributed by atoms with van der Waals surface area (Å²) in [4.78, 5) is 4.99. The van der Waals surface area contributed by atoms with Gasteiger partial charge in [-0.2, -0.15) is 5.10 Å². The normalized spacial score (nSPS) is 20.1. The average Bonchev–Trinajstić information content (AvgIpc) is 3.15. The van der Waals surface area contributed by atoms with Gasteiger partial charge in [-0.25, -0.2) is 0 Å². The molecular weight excluding hydrogens is 334 g/mol. The van der Waals surface area contributed by atoms with Gasteiger partial charge in [-0.1, -0.05) is 18.2 Å². The minimum Gasteiger partial charge on any atom is -0.384 e. The zero-order valence-electron chi connectivity index (χ0n) is 14.5. The summed E-state index contributed by atoms with van der Waals surface area (Å²) in [5.74, 6) is 1.89. The highest BCUT2D eigenvalue weighted by Gasteiger charge is 2.27. The predicted molar refractivity (Wildman–Crippen MR) is 104 cm³/mol. The lowest BCUT2D eigenvalue weighted by atomic mass is 10.1. The van der Waals surface area contributed by atoms with Crippen LogP contribution in [-0.2, 0) is 13.0 Å². The smallest absolute Gasteiger partial charge is 0.150 e. The number of nitrogens with zero attached hydrogens (tertiary/aromatic N) is 3. The average molecular weight is 360 g/mol. The highest BCUT2D eigenvalue weighted by Crippen LogP contribution is 2.40. The van der Waals surface area contributed by atoms with Crippen molar-refractivity contribution >= 4 is 23.9 Å². The van der Waals surface area contributed by atoms with E-state index >= 15 is 0 Å². The number of aromatic amines is 1. The summed E-state index contributed by atoms with van der Waals surface area (Å²) in [5, 5.41) is 11.3. The first-order valence-corrected chi connectivity index (χ1v) is 9.24. The van der Waals surface area contributed by atoms with Crippen molar-refractivity contribution in [3.63, 3.8) is 0 Å². The van der Waals surface area contributed by atoms with E-state index in [4.69, 9.17) is 0 Å². The van der Waals surface area contributed by atoms with Crippen LogP contribution in [0.3, 0.4) is 0 Å². The summed E-state index contributed by atoms with van der Waals surface area (Å²) in [7, 11) is 0. The van der Waals surface area contributed by atoms with E-state index in [9.17, 15) is 0 Å². The number of para-hydroxylation sites is 1. The van der Waals surface area contributed by atoms with Crippen molar-refractivity contribution in [2.45, 2.75) is 31.7 Å². The Kier molecular flexibility index (Phi) is 4.61. The molecule has 134 valence electrons. The molecule has 1 aromatic carbocycles. The van der Waals surface area contributed by atoms with Crippen molar-refractivity contribution in [3.05, 3.63) is 41.1 Å². The maximum absolute atomic E-state index is 4.53. The largest absolute Gasteiger partial charge is 0.384 e. The zero-order valence-corrected chi connectivity index (χ0v) is 15.3. The van der Waals surface area contributed by atoms with Crippen LogP contribution < -0.4 is 10.2 Å². The van der Waals surface area contributed by atoms with E-state index in [0.717, 1.165) is 51.0 Å². The molecule has 0 atom stereocenters. The molecule has 6 heteroatoms. The second-order valence-electron chi connectivity index (χ2n) is 7.35. The van der Waals surface area contributed by atoms with E-state index in [1.165, 1.54) is 41.8 Å². The standard InChI is InChI=1S/C19H25N5.ClH/c1-2-15-6-7-20-19(15)16(3-1)13-23-8-10-24(11-9-23)18-12-17(21-22-18)14-4-5-14;/h1-3,12,14,20H,4-11,13H2,(H,21,22);1H. The molecule has 0 amide bonds. The molecule has 1 aliphatic carbocycles. The summed E-state index contributed by atoms with van der Waals surface area (Å²) in [6, 6.07) is 9.01. The van der Waals surface area contributed by atoms with Crippen molar-refractivity contribution < 1.29 is 0 Å². The van der Waals surface area contributed by atoms with Crippen LogP contribution in [0.1, 0.15) is 35.6 Å². The van der Waals surface area contributed by atoms with Crippen molar-refractivity contribution in [1.29, 1.82) is 0 Å². The number of aromatic nitrogens is 2. The van der Waals surface area contributed by atoms with Gasteiger partial charge in [0.05, 0.1) is 0 Å². The van der Waals surface area contributed by atoms with Gasteiger partial charge in [0.25, 0.3) is 0 Å². The maximum atomic E-state index is 4.53. The molecule has 3 aliphatic rings. The summed E-state index contributed by atoms with van der Waals surface area (Å²) >= 11 is 0. The lowest BCUT2D eigenvalue weighted by molar-refractivity contribution is 0.249. The van der Waals surface area contributed by atoms with Gasteiger partial charge in [-0.3, -0.25) is 10.00 Å². The summed E-state index contributed by atoms with van der Waals surface area (Å²) in [6.07, 6.45) is 3.81. The molecule has 1 aromatic heterocycles. The quantitative estimate of drug-likeness (QED) is 0.881. The highest BCUT2D eigenvalue weighted by atomic mass is 35.5. The van der Waals surface area contributed by atoms with Crippen LogP contribution >= 0.6 is 12.4 Å². The monoisotopic (exact) mass is 359 g/mol. The molecule has 2 aromatic rings. The van der Waals surface area contributed by atoms with Gasteiger partial charge in [-0.15, -0.1) is 12.4 Å². The Morgan fingerprint density at radius 1 is 1.12 bits per heavy atom. The minimum atomic E-state index is 0. The van der Waals surface area contributed by atoms with Crippen LogP contribution in [0.4, 0.5) is 11.5 Å². The van der Waals surface area contributed by atoms with Gasteiger partial charge >= 0.3 is 0 Å². The topological polar surface area (TPSA) is 47.2 Å². The number of fused-ring (bicyclic) bond motifs is 1. The SMILES string of the molecule is Cl.c1cc2c(c(CN3CCN(c4cc(C5CC5)[nH]n4)CC3)c1)NCC2. The first-order chi connectivity index (χ1) is 11.9. The van der Waals surface area contributed by atoms with Crippen molar-refractivity contribution in [3.8, 4) is 0 Å². The highest BCUT2D eigenvalue weighted by molar-refractivity contribution is 5.85. The van der Waals surface area contributed by atoms with E-state index in [1.54, 1.807) is 0 Å². The van der Waals surface area contributed by atoms with Gasteiger partial charge in [0.1, 0.15) is 0 Å². The third kappa shape index (κ3) is 3.35. The molecule has 3 heterocycles. The maximum Gasteiger partial charge on any atom is 0.150 e. The first kappa shape index (κ1) is 16.7. The van der Waals surface area contributed by atoms with Crippen molar-refractivity contribution in [2.24, 2.45) is 0 Å². The molecule has 0 spiro atoms. The van der Waals surface area contributed by atoms with Crippen LogP contribution in [0.25, 0.3) is 0 Å². The molecule has 5 nitrogen and oxygen atoms in total. The molecule has 1 saturated carbocycles. The second-order valence-corrected chi connectivity index (χ2v) is 7.35. The van der Waals surface area contributed by atoms with Crippen molar-refractivity contribution in [1.82, 2.24) is 15.1 Å². The number of benzene rings is 1. The van der Waals surface area contributed by atoms with E-state index in [0.29, 0.717) is 0 Å². The second kappa shape index (κ2) is 6.89. The molecule has 5 rings (SSSR count). The molecule has 0 bridgehead atoms. The van der Waals surface area contributed by atoms with E-state index < -0.39 is 0 Å². The van der Waals surface area contributed by atoms with Crippen LogP contribution in [0.2, 0.25) is 0 Å². The zero-order chi connectivity index (χ0) is 15.9. The summed E-state index contributed by atoms with van der Waals surface area (Å²) in [6.45, 7) is 6.49. The van der Waals surface area contributed by atoms with Crippen LogP contribution in [-0.4, -0.2) is 47.8 Å². The molecule has 25 heavy (non-hydrogen) atoms. The van der Waals surface area contributed by atoms with Crippen molar-refractivity contribution in [2.75, 3.05) is 42.9 Å². The lowest BCUT2D eigenvalue weighted by Gasteiger charge is -2.35. The van der Waals surface area contributed by atoms with E-state index in [2.05, 4.69) is 49.6 Å². The Hall–Kier alpha value is -1.72. The summed E-state index contributed by atoms with van der Waals surface area (Å²) in [5.41, 5.74) is 5.66. The number of rotatable bonds is 4. The number of H-pyrrole nitrogens is 1. The predicted octanol–water partition coefficient (Wildman–Crippen LogP) is 3.00. The molecule has 0 radical (unpaired) electrons. The Balaban J connectivity index is 0.00000157. The Morgan fingerprint density at radius 2 is 1.96 bits per heavy atom. The number of hydrogen-bond acceptors (Lipinski definition) is 4. The fourth-order valence-corrected chi connectivity index (χ4v) is 4.01. The third-order valence-electron chi connectivity index (χ3n) is 5.62. The summed E-state index contributed by atoms with van der Waals surface area (Å²) < 4.78 is 0. The Bertz CT molecular complexity index is 731. The minimum absolute atomic E-state index is 0. The number of piperazine rings is 1. The van der Waals surface area contributed by atoms with Crippen LogP contribution in [0, 0.1) is 0 Å². The molecular formula is C19H26ClN5. The molecule has 2 aliphatic heterocycles. The number of nitrogens with one attached hydrogen (secondary N) is 2. The van der Waals surface area contributed by atoms with Gasteiger partial charge in [0, 0.05) is 62.6 Å². The Morgan fingerprint density at radius 3 is 2.76 bits per heavy atom.